The normalized spacial score (nSPS) is 10.9. The molecule has 0 unspecified atom stereocenters. The van der Waals surface area contributed by atoms with E-state index in [-0.39, 0.29) is 0 Å². The van der Waals surface area contributed by atoms with Gasteiger partial charge in [-0.1, -0.05) is 18.2 Å². The molecule has 0 aliphatic carbocycles. The van der Waals surface area contributed by atoms with E-state index in [0.717, 1.165) is 27.9 Å². The van der Waals surface area contributed by atoms with Crippen molar-refractivity contribution < 1.29 is 5.11 Å². The third kappa shape index (κ3) is 1.47. The number of aromatic hydroxyl groups is 1. The first-order chi connectivity index (χ1) is 8.27. The number of H-pyrrole nitrogens is 1. The highest BCUT2D eigenvalue weighted by molar-refractivity contribution is 5.96. The van der Waals surface area contributed by atoms with E-state index in [1.165, 1.54) is 0 Å². The van der Waals surface area contributed by atoms with Gasteiger partial charge >= 0.3 is 0 Å². The molecule has 0 aliphatic heterocycles. The van der Waals surface area contributed by atoms with E-state index in [1.807, 2.05) is 37.3 Å². The maximum Gasteiger partial charge on any atom is 0.138 e. The van der Waals surface area contributed by atoms with Crippen LogP contribution >= 0.6 is 0 Å². The van der Waals surface area contributed by atoms with Crippen LogP contribution in [0.25, 0.3) is 22.2 Å². The minimum atomic E-state index is 0.292. The van der Waals surface area contributed by atoms with E-state index < -0.39 is 0 Å². The summed E-state index contributed by atoms with van der Waals surface area (Å²) in [5, 5.41) is 11.0. The molecular weight excluding hydrogens is 212 g/mol. The molecule has 0 saturated heterocycles. The van der Waals surface area contributed by atoms with Gasteiger partial charge in [-0.2, -0.15) is 0 Å². The van der Waals surface area contributed by atoms with Gasteiger partial charge in [-0.05, 0) is 25.1 Å². The number of hydrogen-bond donors (Lipinski definition) is 2. The summed E-state index contributed by atoms with van der Waals surface area (Å²) in [7, 11) is 0. The Kier molecular flexibility index (Phi) is 2.11. The van der Waals surface area contributed by atoms with E-state index in [1.54, 1.807) is 12.3 Å². The lowest BCUT2D eigenvalue weighted by molar-refractivity contribution is 0.477. The van der Waals surface area contributed by atoms with Gasteiger partial charge in [0.15, 0.2) is 0 Å². The van der Waals surface area contributed by atoms with Crippen molar-refractivity contribution in [1.29, 1.82) is 0 Å². The summed E-state index contributed by atoms with van der Waals surface area (Å²) in [5.74, 6) is 0.292. The van der Waals surface area contributed by atoms with Crippen LogP contribution in [0, 0.1) is 6.92 Å². The lowest BCUT2D eigenvalue weighted by atomic mass is 10.0. The number of pyridine rings is 1. The largest absolute Gasteiger partial charge is 0.507 e. The Bertz CT molecular complexity index is 686. The smallest absolute Gasteiger partial charge is 0.138 e. The van der Waals surface area contributed by atoms with Gasteiger partial charge in [0.25, 0.3) is 0 Å². The molecule has 3 aromatic rings. The second-order valence-electron chi connectivity index (χ2n) is 4.04. The average Bonchev–Trinajstić information content (AvgIpc) is 2.66. The molecule has 0 bridgehead atoms. The van der Waals surface area contributed by atoms with Crippen LogP contribution in [0.15, 0.2) is 42.6 Å². The Morgan fingerprint density at radius 1 is 1.12 bits per heavy atom. The highest BCUT2D eigenvalue weighted by Gasteiger charge is 2.13. The zero-order chi connectivity index (χ0) is 11.8. The number of aromatic nitrogens is 2. The molecule has 0 saturated carbocycles. The Morgan fingerprint density at radius 3 is 2.76 bits per heavy atom. The molecule has 84 valence electrons. The molecular formula is C14H12N2O. The van der Waals surface area contributed by atoms with Crippen LogP contribution < -0.4 is 0 Å². The molecule has 0 radical (unpaired) electrons. The van der Waals surface area contributed by atoms with Crippen molar-refractivity contribution in [3.05, 3.63) is 48.3 Å². The summed E-state index contributed by atoms with van der Waals surface area (Å²) in [4.78, 5) is 7.51. The molecule has 3 rings (SSSR count). The monoisotopic (exact) mass is 224 g/mol. The minimum absolute atomic E-state index is 0.292. The van der Waals surface area contributed by atoms with Gasteiger partial charge in [-0.25, -0.2) is 4.98 Å². The van der Waals surface area contributed by atoms with E-state index in [9.17, 15) is 5.11 Å². The first-order valence-corrected chi connectivity index (χ1v) is 5.49. The molecule has 2 N–H and O–H groups in total. The fraction of sp³-hybridized carbons (Fsp3) is 0.0714. The van der Waals surface area contributed by atoms with Crippen LogP contribution in [-0.4, -0.2) is 15.1 Å². The summed E-state index contributed by atoms with van der Waals surface area (Å²) < 4.78 is 0. The summed E-state index contributed by atoms with van der Waals surface area (Å²) in [5.41, 5.74) is 3.72. The summed E-state index contributed by atoms with van der Waals surface area (Å²) in [6.07, 6.45) is 1.76. The lowest BCUT2D eigenvalue weighted by Gasteiger charge is -2.04. The number of nitrogens with one attached hydrogen (secondary N) is 1. The zero-order valence-corrected chi connectivity index (χ0v) is 9.44. The number of phenolic OH excluding ortho intramolecular Hbond substituents is 1. The van der Waals surface area contributed by atoms with Crippen molar-refractivity contribution >= 4 is 11.0 Å². The van der Waals surface area contributed by atoms with Gasteiger partial charge in [0.2, 0.25) is 0 Å². The number of benzene rings is 1. The predicted molar refractivity (Wildman–Crippen MR) is 67.9 cm³/mol. The van der Waals surface area contributed by atoms with Crippen molar-refractivity contribution in [3.8, 4) is 16.9 Å². The minimum Gasteiger partial charge on any atom is -0.507 e. The van der Waals surface area contributed by atoms with Crippen molar-refractivity contribution in [2.75, 3.05) is 0 Å². The van der Waals surface area contributed by atoms with Crippen LogP contribution in [0.4, 0.5) is 0 Å². The first-order valence-electron chi connectivity index (χ1n) is 5.49. The van der Waals surface area contributed by atoms with Crippen LogP contribution in [0.3, 0.4) is 0 Å². The fourth-order valence-corrected chi connectivity index (χ4v) is 2.18. The lowest BCUT2D eigenvalue weighted by Crippen LogP contribution is -1.80. The Morgan fingerprint density at radius 2 is 1.94 bits per heavy atom. The molecule has 0 fully saturated rings. The van der Waals surface area contributed by atoms with Crippen molar-refractivity contribution in [1.82, 2.24) is 9.97 Å². The second-order valence-corrected chi connectivity index (χ2v) is 4.04. The van der Waals surface area contributed by atoms with Gasteiger partial charge < -0.3 is 10.1 Å². The van der Waals surface area contributed by atoms with E-state index in [4.69, 9.17) is 0 Å². The Hall–Kier alpha value is -2.29. The number of rotatable bonds is 1. The van der Waals surface area contributed by atoms with Crippen molar-refractivity contribution in [2.24, 2.45) is 0 Å². The highest BCUT2D eigenvalue weighted by atomic mass is 16.3. The number of aromatic amines is 1. The Labute approximate surface area is 98.8 Å². The highest BCUT2D eigenvalue weighted by Crippen LogP contribution is 2.36. The van der Waals surface area contributed by atoms with Crippen molar-refractivity contribution in [2.45, 2.75) is 6.92 Å². The van der Waals surface area contributed by atoms with E-state index in [0.29, 0.717) is 5.75 Å². The molecule has 3 nitrogen and oxygen atoms in total. The number of para-hydroxylation sites is 1. The molecule has 1 aromatic carbocycles. The first kappa shape index (κ1) is 9.90. The molecule has 0 spiro atoms. The molecule has 0 atom stereocenters. The molecule has 0 aliphatic rings. The molecule has 17 heavy (non-hydrogen) atoms. The standard InChI is InChI=1S/C14H12N2O/c1-9-13(10-5-2-3-7-12(10)17)11-6-4-8-15-14(11)16-9/h2-8,17H,1H3,(H,15,16). The number of nitrogens with zero attached hydrogens (tertiary/aromatic N) is 1. The fourth-order valence-electron chi connectivity index (χ4n) is 2.18. The summed E-state index contributed by atoms with van der Waals surface area (Å²) in [6.45, 7) is 1.99. The maximum atomic E-state index is 9.93. The summed E-state index contributed by atoms with van der Waals surface area (Å²) in [6, 6.07) is 11.3. The van der Waals surface area contributed by atoms with Gasteiger partial charge in [-0.15, -0.1) is 0 Å². The van der Waals surface area contributed by atoms with Gasteiger partial charge in [0.05, 0.1) is 0 Å². The third-order valence-corrected chi connectivity index (χ3v) is 2.93. The van der Waals surface area contributed by atoms with E-state index in [2.05, 4.69) is 9.97 Å². The van der Waals surface area contributed by atoms with Crippen LogP contribution in [-0.2, 0) is 0 Å². The van der Waals surface area contributed by atoms with Crippen LogP contribution in [0.2, 0.25) is 0 Å². The Balaban J connectivity index is 2.38. The second kappa shape index (κ2) is 3.63. The van der Waals surface area contributed by atoms with Crippen LogP contribution in [0.5, 0.6) is 5.75 Å². The predicted octanol–water partition coefficient (Wildman–Crippen LogP) is 3.24. The molecule has 0 amide bonds. The number of aryl methyl sites for hydroxylation is 1. The average molecular weight is 224 g/mol. The van der Waals surface area contributed by atoms with E-state index >= 15 is 0 Å². The van der Waals surface area contributed by atoms with Crippen molar-refractivity contribution in [3.63, 3.8) is 0 Å². The molecule has 3 heteroatoms. The van der Waals surface area contributed by atoms with Gasteiger partial charge in [0, 0.05) is 28.4 Å². The summed E-state index contributed by atoms with van der Waals surface area (Å²) >= 11 is 0. The quantitative estimate of drug-likeness (QED) is 0.666. The maximum absolute atomic E-state index is 9.93. The number of phenols is 1. The van der Waals surface area contributed by atoms with Crippen LogP contribution in [0.1, 0.15) is 5.69 Å². The number of fused-ring (bicyclic) bond motifs is 1. The third-order valence-electron chi connectivity index (χ3n) is 2.93. The molecule has 2 aromatic heterocycles. The SMILES string of the molecule is Cc1[nH]c2ncccc2c1-c1ccccc1O. The molecule has 2 heterocycles. The zero-order valence-electron chi connectivity index (χ0n) is 9.44. The van der Waals surface area contributed by atoms with Gasteiger partial charge in [-0.3, -0.25) is 0 Å². The number of hydrogen-bond acceptors (Lipinski definition) is 2. The van der Waals surface area contributed by atoms with Gasteiger partial charge in [0.1, 0.15) is 11.4 Å². The topological polar surface area (TPSA) is 48.9 Å².